The number of phenolic OH excluding ortho intramolecular Hbond substituents is 1. The van der Waals surface area contributed by atoms with Gasteiger partial charge in [-0.15, -0.1) is 6.58 Å². The lowest BCUT2D eigenvalue weighted by Crippen LogP contribution is -2.68. The average molecular weight is 559 g/mol. The first-order valence-corrected chi connectivity index (χ1v) is 12.5. The smallest absolute Gasteiger partial charge is 0.366 e. The van der Waals surface area contributed by atoms with E-state index < -0.39 is 67.0 Å². The second kappa shape index (κ2) is 13.5. The Labute approximate surface area is 231 Å². The number of aliphatic hydroxyl groups is 3. The molecule has 6 N–H and O–H groups in total. The number of aromatic hydroxyl groups is 1. The van der Waals surface area contributed by atoms with Gasteiger partial charge in [-0.3, -0.25) is 9.59 Å². The van der Waals surface area contributed by atoms with Crippen molar-refractivity contribution < 1.29 is 49.0 Å². The van der Waals surface area contributed by atoms with Crippen molar-refractivity contribution >= 4 is 17.8 Å². The lowest BCUT2D eigenvalue weighted by molar-refractivity contribution is -0.308. The predicted octanol–water partition coefficient (Wildman–Crippen LogP) is 0.237. The summed E-state index contributed by atoms with van der Waals surface area (Å²) in [5, 5.41) is 46.9. The van der Waals surface area contributed by atoms with Gasteiger partial charge < -0.3 is 45.3 Å². The molecule has 0 aromatic heterocycles. The van der Waals surface area contributed by atoms with Crippen molar-refractivity contribution in [2.24, 2.45) is 0 Å². The highest BCUT2D eigenvalue weighted by Crippen LogP contribution is 2.34. The summed E-state index contributed by atoms with van der Waals surface area (Å²) in [5.74, 6) is -4.10. The van der Waals surface area contributed by atoms with Gasteiger partial charge in [-0.25, -0.2) is 4.79 Å². The summed E-state index contributed by atoms with van der Waals surface area (Å²) in [6.07, 6.45) is -5.49. The van der Waals surface area contributed by atoms with Crippen molar-refractivity contribution in [2.45, 2.75) is 49.6 Å². The number of benzene rings is 2. The van der Waals surface area contributed by atoms with Gasteiger partial charge in [0.1, 0.15) is 18.0 Å². The number of phenols is 1. The van der Waals surface area contributed by atoms with Crippen LogP contribution in [0.15, 0.2) is 61.2 Å². The van der Waals surface area contributed by atoms with Crippen molar-refractivity contribution in [1.29, 1.82) is 0 Å². The van der Waals surface area contributed by atoms with Crippen LogP contribution in [0.3, 0.4) is 0 Å². The van der Waals surface area contributed by atoms with E-state index in [0.717, 1.165) is 18.2 Å². The highest BCUT2D eigenvalue weighted by atomic mass is 16.7. The molecule has 1 heterocycles. The van der Waals surface area contributed by atoms with Crippen LogP contribution in [0.4, 0.5) is 0 Å². The Balaban J connectivity index is 1.72. The van der Waals surface area contributed by atoms with E-state index in [1.807, 2.05) is 0 Å². The Bertz CT molecular complexity index is 1190. The Kier molecular flexibility index (Phi) is 10.4. The fraction of sp³-hybridized carbons (Fsp3) is 0.393. The first-order chi connectivity index (χ1) is 19.0. The molecule has 0 spiro atoms. The van der Waals surface area contributed by atoms with Gasteiger partial charge in [0.2, 0.25) is 5.91 Å². The van der Waals surface area contributed by atoms with Gasteiger partial charge in [-0.1, -0.05) is 30.3 Å². The van der Waals surface area contributed by atoms with Gasteiger partial charge >= 0.3 is 5.97 Å². The summed E-state index contributed by atoms with van der Waals surface area (Å²) in [6, 6.07) is 11.9. The third-order valence-corrected chi connectivity index (χ3v) is 6.42. The zero-order chi connectivity index (χ0) is 29.4. The van der Waals surface area contributed by atoms with E-state index >= 15 is 0 Å². The molecule has 216 valence electrons. The molecule has 0 aliphatic carbocycles. The molecular formula is C28H34N2O10. The van der Waals surface area contributed by atoms with Crippen LogP contribution in [0.2, 0.25) is 0 Å². The van der Waals surface area contributed by atoms with Crippen molar-refractivity contribution in [1.82, 2.24) is 10.6 Å². The molecule has 1 aliphatic rings. The van der Waals surface area contributed by atoms with E-state index in [2.05, 4.69) is 17.2 Å². The molecule has 12 heteroatoms. The molecule has 0 saturated carbocycles. The zero-order valence-electron chi connectivity index (χ0n) is 22.1. The topological polar surface area (TPSA) is 184 Å². The molecule has 40 heavy (non-hydrogen) atoms. The van der Waals surface area contributed by atoms with Gasteiger partial charge in [0.25, 0.3) is 11.7 Å². The maximum atomic E-state index is 12.7. The zero-order valence-corrected chi connectivity index (χ0v) is 22.1. The Morgan fingerprint density at radius 1 is 1.12 bits per heavy atom. The Morgan fingerprint density at radius 2 is 1.73 bits per heavy atom. The molecule has 1 aliphatic heterocycles. The fourth-order valence-electron chi connectivity index (χ4n) is 4.40. The van der Waals surface area contributed by atoms with Crippen LogP contribution in [0, 0.1) is 0 Å². The molecule has 1 fully saturated rings. The van der Waals surface area contributed by atoms with Crippen LogP contribution in [-0.2, 0) is 23.8 Å². The minimum Gasteiger partial charge on any atom is -0.508 e. The monoisotopic (exact) mass is 558 g/mol. The fourth-order valence-corrected chi connectivity index (χ4v) is 4.40. The van der Waals surface area contributed by atoms with E-state index in [0.29, 0.717) is 0 Å². The van der Waals surface area contributed by atoms with Crippen LogP contribution >= 0.6 is 0 Å². The predicted molar refractivity (Wildman–Crippen MR) is 142 cm³/mol. The highest BCUT2D eigenvalue weighted by molar-refractivity contribution is 5.94. The van der Waals surface area contributed by atoms with E-state index in [1.165, 1.54) is 13.0 Å². The number of methoxy groups -OCH3 is 1. The third-order valence-electron chi connectivity index (χ3n) is 6.42. The van der Waals surface area contributed by atoms with Gasteiger partial charge in [0, 0.05) is 25.5 Å². The van der Waals surface area contributed by atoms with Crippen LogP contribution in [0.25, 0.3) is 11.1 Å². The molecule has 2 amide bonds. The summed E-state index contributed by atoms with van der Waals surface area (Å²) >= 11 is 0. The number of aliphatic hydroxyl groups excluding tert-OH is 3. The minimum absolute atomic E-state index is 0.136. The maximum Gasteiger partial charge on any atom is 0.366 e. The number of amides is 2. The number of carbonyl (C=O) groups excluding carboxylic acids is 3. The maximum absolute atomic E-state index is 12.7. The molecule has 1 saturated heterocycles. The molecule has 12 nitrogen and oxygen atoms in total. The Hall–Kier alpha value is -3.81. The number of hydrogen-bond donors (Lipinski definition) is 6. The van der Waals surface area contributed by atoms with Crippen LogP contribution in [-0.4, -0.2) is 94.7 Å². The van der Waals surface area contributed by atoms with E-state index in [9.17, 15) is 34.8 Å². The van der Waals surface area contributed by atoms with Crippen LogP contribution < -0.4 is 10.6 Å². The van der Waals surface area contributed by atoms with Crippen LogP contribution in [0.1, 0.15) is 23.7 Å². The number of carbonyl (C=O) groups is 3. The molecule has 6 unspecified atom stereocenters. The average Bonchev–Trinajstić information content (AvgIpc) is 2.95. The molecule has 3 rings (SSSR count). The van der Waals surface area contributed by atoms with Crippen molar-refractivity contribution in [3.05, 3.63) is 66.7 Å². The number of esters is 1. The van der Waals surface area contributed by atoms with Gasteiger partial charge in [0.15, 0.2) is 0 Å². The summed E-state index contributed by atoms with van der Waals surface area (Å²) in [6.45, 7) is 4.11. The van der Waals surface area contributed by atoms with Gasteiger partial charge in [-0.2, -0.15) is 0 Å². The minimum atomic E-state index is -2.15. The first-order valence-electron chi connectivity index (χ1n) is 12.5. The van der Waals surface area contributed by atoms with Crippen molar-refractivity contribution in [3.63, 3.8) is 0 Å². The molecule has 0 radical (unpaired) electrons. The van der Waals surface area contributed by atoms with Gasteiger partial charge in [0.05, 0.1) is 32.0 Å². The standard InChI is InChI=1S/C28H34N2O10/c1-4-13-39-28(27(37)38-3)14-21(33)23(30-16(2)31)25(40-28)24(35)22(34)15-29-26(36)19-7-5-17(6-8-19)18-9-11-20(32)12-10-18/h4-12,21-25,32-35H,1,13-15H2,2-3H3,(H,29,36)(H,30,31). The van der Waals surface area contributed by atoms with Crippen molar-refractivity contribution in [3.8, 4) is 16.9 Å². The lowest BCUT2D eigenvalue weighted by atomic mass is 9.88. The molecular weight excluding hydrogens is 524 g/mol. The van der Waals surface area contributed by atoms with E-state index in [1.54, 1.807) is 48.5 Å². The number of rotatable bonds is 11. The third kappa shape index (κ3) is 7.23. The first kappa shape index (κ1) is 30.7. The molecule has 2 aromatic rings. The molecule has 2 aromatic carbocycles. The summed E-state index contributed by atoms with van der Waals surface area (Å²) < 4.78 is 16.1. The lowest BCUT2D eigenvalue weighted by Gasteiger charge is -2.46. The number of nitrogens with one attached hydrogen (secondary N) is 2. The summed E-state index contributed by atoms with van der Waals surface area (Å²) in [5.41, 5.74) is 1.94. The van der Waals surface area contributed by atoms with Crippen LogP contribution in [0.5, 0.6) is 5.75 Å². The van der Waals surface area contributed by atoms with E-state index in [-0.39, 0.29) is 17.9 Å². The second-order valence-corrected chi connectivity index (χ2v) is 9.32. The highest BCUT2D eigenvalue weighted by Gasteiger charge is 2.56. The molecule has 0 bridgehead atoms. The summed E-state index contributed by atoms with van der Waals surface area (Å²) in [7, 11) is 1.09. The number of ether oxygens (including phenoxy) is 3. The quantitative estimate of drug-likeness (QED) is 0.165. The van der Waals surface area contributed by atoms with Gasteiger partial charge in [-0.05, 0) is 35.4 Å². The number of hydrogen-bond acceptors (Lipinski definition) is 10. The van der Waals surface area contributed by atoms with Crippen molar-refractivity contribution in [2.75, 3.05) is 20.3 Å². The summed E-state index contributed by atoms with van der Waals surface area (Å²) in [4.78, 5) is 37.1. The SMILES string of the molecule is C=CCOC1(C(=O)OC)CC(O)C(NC(C)=O)C(C(O)C(O)CNC(=O)c2ccc(-c3ccc(O)cc3)cc2)O1. The molecule has 6 atom stereocenters. The Morgan fingerprint density at radius 3 is 2.27 bits per heavy atom. The second-order valence-electron chi connectivity index (χ2n) is 9.32. The largest absolute Gasteiger partial charge is 0.508 e. The van der Waals surface area contributed by atoms with E-state index in [4.69, 9.17) is 14.2 Å². The normalized spacial score (nSPS) is 23.9.